The summed E-state index contributed by atoms with van der Waals surface area (Å²) >= 11 is 0. The largest absolute Gasteiger partial charge is 0.444 e. The number of amides is 2. The number of nitro benzene ring substituents is 1. The highest BCUT2D eigenvalue weighted by atomic mass is 16.6. The molecule has 1 N–H and O–H groups in total. The number of hydrogen-bond donors (Lipinski definition) is 1. The minimum Gasteiger partial charge on any atom is -0.444 e. The van der Waals surface area contributed by atoms with Gasteiger partial charge in [-0.2, -0.15) is 0 Å². The van der Waals surface area contributed by atoms with E-state index in [9.17, 15) is 19.7 Å². The molecule has 2 rings (SSSR count). The number of piperidine rings is 1. The Hall–Kier alpha value is -2.84. The fraction of sp³-hybridized carbons (Fsp3) is 0.529. The molecule has 1 aliphatic rings. The summed E-state index contributed by atoms with van der Waals surface area (Å²) in [6.07, 6.45) is 0.197. The maximum absolute atomic E-state index is 12.2. The molecular formula is C17H23N3O6. The van der Waals surface area contributed by atoms with E-state index in [1.54, 1.807) is 20.8 Å². The lowest BCUT2D eigenvalue weighted by molar-refractivity contribution is -0.384. The van der Waals surface area contributed by atoms with Gasteiger partial charge >= 0.3 is 12.2 Å². The van der Waals surface area contributed by atoms with Crippen molar-refractivity contribution in [2.75, 3.05) is 13.1 Å². The Morgan fingerprint density at radius 1 is 1.19 bits per heavy atom. The van der Waals surface area contributed by atoms with Crippen molar-refractivity contribution in [3.8, 4) is 5.75 Å². The Balaban J connectivity index is 1.79. The summed E-state index contributed by atoms with van der Waals surface area (Å²) < 4.78 is 10.4. The third-order valence-corrected chi connectivity index (χ3v) is 3.73. The zero-order valence-corrected chi connectivity index (χ0v) is 15.1. The van der Waals surface area contributed by atoms with Crippen LogP contribution in [-0.4, -0.2) is 46.7 Å². The van der Waals surface area contributed by atoms with Crippen molar-refractivity contribution in [1.82, 2.24) is 10.2 Å². The molecule has 0 aromatic heterocycles. The molecule has 2 amide bonds. The van der Waals surface area contributed by atoms with Crippen molar-refractivity contribution < 1.29 is 24.0 Å². The van der Waals surface area contributed by atoms with Crippen LogP contribution in [-0.2, 0) is 4.74 Å². The van der Waals surface area contributed by atoms with E-state index in [-0.39, 0.29) is 17.5 Å². The van der Waals surface area contributed by atoms with Crippen LogP contribution in [0, 0.1) is 10.1 Å². The molecule has 0 aliphatic carbocycles. The first-order valence-electron chi connectivity index (χ1n) is 8.35. The number of non-ortho nitro benzene ring substituents is 1. The van der Waals surface area contributed by atoms with Crippen molar-refractivity contribution in [1.29, 1.82) is 0 Å². The standard InChI is InChI=1S/C17H23N3O6/c1-17(2,3)26-15(21)18-12-8-10-19(11-9-12)16(22)25-14-6-4-13(5-7-14)20(23)24/h4-7,12H,8-11H2,1-3H3,(H,18,21). The van der Waals surface area contributed by atoms with Crippen LogP contribution in [0.25, 0.3) is 0 Å². The highest BCUT2D eigenvalue weighted by Gasteiger charge is 2.26. The van der Waals surface area contributed by atoms with Gasteiger partial charge in [0.15, 0.2) is 0 Å². The smallest absolute Gasteiger partial charge is 0.415 e. The number of likely N-dealkylation sites (tertiary alicyclic amines) is 1. The van der Waals surface area contributed by atoms with Crippen LogP contribution in [0.15, 0.2) is 24.3 Å². The average Bonchev–Trinajstić information content (AvgIpc) is 2.54. The van der Waals surface area contributed by atoms with Crippen molar-refractivity contribution in [3.63, 3.8) is 0 Å². The Morgan fingerprint density at radius 2 is 1.77 bits per heavy atom. The molecule has 26 heavy (non-hydrogen) atoms. The average molecular weight is 365 g/mol. The van der Waals surface area contributed by atoms with E-state index in [0.29, 0.717) is 25.9 Å². The number of rotatable bonds is 3. The Morgan fingerprint density at radius 3 is 2.27 bits per heavy atom. The zero-order valence-electron chi connectivity index (χ0n) is 15.1. The summed E-state index contributed by atoms with van der Waals surface area (Å²) in [4.78, 5) is 35.6. The molecule has 0 unspecified atom stereocenters. The molecular weight excluding hydrogens is 342 g/mol. The van der Waals surface area contributed by atoms with Crippen LogP contribution in [0.5, 0.6) is 5.75 Å². The second-order valence-electron chi connectivity index (χ2n) is 7.03. The second kappa shape index (κ2) is 8.03. The molecule has 9 heteroatoms. The minimum absolute atomic E-state index is 0.0618. The number of nitrogens with zero attached hydrogens (tertiary/aromatic N) is 2. The van der Waals surface area contributed by atoms with Gasteiger partial charge in [0.2, 0.25) is 0 Å². The first-order chi connectivity index (χ1) is 12.1. The molecule has 1 aromatic carbocycles. The number of nitro groups is 1. The number of benzene rings is 1. The van der Waals surface area contributed by atoms with Crippen LogP contribution in [0.4, 0.5) is 15.3 Å². The highest BCUT2D eigenvalue weighted by molar-refractivity contribution is 5.71. The van der Waals surface area contributed by atoms with Gasteiger partial charge in [-0.3, -0.25) is 10.1 Å². The van der Waals surface area contributed by atoms with E-state index >= 15 is 0 Å². The summed E-state index contributed by atoms with van der Waals surface area (Å²) in [7, 11) is 0. The number of alkyl carbamates (subject to hydrolysis) is 1. The molecule has 0 spiro atoms. The van der Waals surface area contributed by atoms with Crippen LogP contribution in [0.3, 0.4) is 0 Å². The SMILES string of the molecule is CC(C)(C)OC(=O)NC1CCN(C(=O)Oc2ccc([N+](=O)[O-])cc2)CC1. The fourth-order valence-electron chi connectivity index (χ4n) is 2.48. The van der Waals surface area contributed by atoms with Gasteiger partial charge in [-0.25, -0.2) is 9.59 Å². The molecule has 142 valence electrons. The van der Waals surface area contributed by atoms with Crippen LogP contribution >= 0.6 is 0 Å². The molecule has 1 aromatic rings. The van der Waals surface area contributed by atoms with Crippen LogP contribution in [0.2, 0.25) is 0 Å². The van der Waals surface area contributed by atoms with Crippen molar-refractivity contribution in [3.05, 3.63) is 34.4 Å². The molecule has 1 aliphatic heterocycles. The second-order valence-corrected chi connectivity index (χ2v) is 7.03. The third kappa shape index (κ3) is 5.91. The number of carbonyl (C=O) groups excluding carboxylic acids is 2. The van der Waals surface area contributed by atoms with Crippen molar-refractivity contribution >= 4 is 17.9 Å². The van der Waals surface area contributed by atoms with Gasteiger partial charge in [0.1, 0.15) is 11.4 Å². The predicted molar refractivity (Wildman–Crippen MR) is 93.1 cm³/mol. The van der Waals surface area contributed by atoms with E-state index in [0.717, 1.165) is 0 Å². The monoisotopic (exact) mass is 365 g/mol. The Kier molecular flexibility index (Phi) is 6.01. The third-order valence-electron chi connectivity index (χ3n) is 3.73. The summed E-state index contributed by atoms with van der Waals surface area (Å²) in [6.45, 7) is 6.26. The van der Waals surface area contributed by atoms with Gasteiger partial charge in [0.25, 0.3) is 5.69 Å². The van der Waals surface area contributed by atoms with E-state index in [2.05, 4.69) is 5.32 Å². The van der Waals surface area contributed by atoms with Crippen molar-refractivity contribution in [2.45, 2.75) is 45.3 Å². The van der Waals surface area contributed by atoms with Gasteiger partial charge < -0.3 is 19.7 Å². The summed E-state index contributed by atoms with van der Waals surface area (Å²) in [6, 6.07) is 5.26. The molecule has 1 heterocycles. The van der Waals surface area contributed by atoms with Crippen LogP contribution < -0.4 is 10.1 Å². The number of carbonyl (C=O) groups is 2. The summed E-state index contributed by atoms with van der Waals surface area (Å²) in [5, 5.41) is 13.4. The molecule has 0 saturated carbocycles. The van der Waals surface area contributed by atoms with E-state index < -0.39 is 22.7 Å². The van der Waals surface area contributed by atoms with Gasteiger partial charge in [-0.05, 0) is 45.7 Å². The normalized spacial score (nSPS) is 15.3. The molecule has 1 saturated heterocycles. The maximum Gasteiger partial charge on any atom is 0.415 e. The van der Waals surface area contributed by atoms with Gasteiger partial charge in [0.05, 0.1) is 4.92 Å². The lowest BCUT2D eigenvalue weighted by Crippen LogP contribution is -2.48. The number of hydrogen-bond acceptors (Lipinski definition) is 6. The quantitative estimate of drug-likeness (QED) is 0.651. The molecule has 0 atom stereocenters. The summed E-state index contributed by atoms with van der Waals surface area (Å²) in [5.41, 5.74) is -0.627. The maximum atomic E-state index is 12.2. The van der Waals surface area contributed by atoms with E-state index in [1.807, 2.05) is 0 Å². The first kappa shape index (κ1) is 19.5. The fourth-order valence-corrected chi connectivity index (χ4v) is 2.48. The molecule has 1 fully saturated rings. The topological polar surface area (TPSA) is 111 Å². The number of ether oxygens (including phenoxy) is 2. The van der Waals surface area contributed by atoms with E-state index in [4.69, 9.17) is 9.47 Å². The zero-order chi connectivity index (χ0) is 19.3. The number of nitrogens with one attached hydrogen (secondary N) is 1. The predicted octanol–water partition coefficient (Wildman–Crippen LogP) is 3.08. The Bertz CT molecular complexity index is 660. The molecule has 0 bridgehead atoms. The van der Waals surface area contributed by atoms with Gasteiger partial charge in [-0.15, -0.1) is 0 Å². The minimum atomic E-state index is -0.556. The molecule has 9 nitrogen and oxygen atoms in total. The van der Waals surface area contributed by atoms with Crippen LogP contribution in [0.1, 0.15) is 33.6 Å². The van der Waals surface area contributed by atoms with Gasteiger partial charge in [0, 0.05) is 31.3 Å². The lowest BCUT2D eigenvalue weighted by Gasteiger charge is -2.32. The highest BCUT2D eigenvalue weighted by Crippen LogP contribution is 2.19. The van der Waals surface area contributed by atoms with Gasteiger partial charge in [-0.1, -0.05) is 0 Å². The lowest BCUT2D eigenvalue weighted by atomic mass is 10.1. The Labute approximate surface area is 151 Å². The van der Waals surface area contributed by atoms with E-state index in [1.165, 1.54) is 29.2 Å². The molecule has 0 radical (unpaired) electrons. The van der Waals surface area contributed by atoms with Crippen molar-refractivity contribution in [2.24, 2.45) is 0 Å². The summed E-state index contributed by atoms with van der Waals surface area (Å²) in [5.74, 6) is 0.245. The first-order valence-corrected chi connectivity index (χ1v) is 8.35.